The number of phenolic OH excluding ortho intramolecular Hbond substituents is 2. The summed E-state index contributed by atoms with van der Waals surface area (Å²) >= 11 is 38.2. The standard InChI is InChI=1S/C20H15BrF2O.C18H11BrF2O2.C18H9BrO2.C14H13BFO3.C14H13FO.C8H11BO3.C6H3Br2F.C6H4BrF.CH2Cl2.CH4NP.CH2O3.2CH4.BBr3.2K.H2.H/c1-12-14(17-11-13(21)7-10-19(17)23)8-9-16(20(12)24-2)15-5-3-4-6-18(15)22;19-10-5-8-16(21)14(9-10)13-7-6-12(17(22)18(13)23)11-3-1-2-4-15(11)20;19-10-5-8-16-14(9-10)13-7-6-12-11-3-1-2-4-15(11)20-17(12)18(13)21-16;1-9-13(19-15-17)8-7-11(14(9)18-2)10-5-3-4-6-12(10)16;1-10-6-5-8-12(14(10)16-2)11-7-3-4-9-13(11)15;1-6-4-3-5-7(9(10)11)8(6)12-2;7-4-1-2-6(9)5(8)3-4;7-5-3-1-2-4-6(5)8;2-1-3;1-2-3;2-1-4-3;;;2-1(3)4;;;;/h3-11H,1-2H3;1-9,22-23H;1-9H;3-8,17H,1-2H3;3-9H,1-2H3;3-5,10-11H,1-2H3;1-3H;1-4H;1H2;3H,1H3;1,3H;2*1H4;;;;1H;/q;;;;;;;;;;;;;;2*+1;;-1/p-1/i;;;;;;;;;;;;;;;;1+1;. The molecule has 41 heteroatoms. The van der Waals surface area contributed by atoms with Gasteiger partial charge >= 0.3 is 121 Å². The zero-order valence-electron chi connectivity index (χ0n) is 81.3. The maximum atomic E-state index is 14.2. The number of hydrogen-bond donors (Lipinski definition) is 5. The van der Waals surface area contributed by atoms with Gasteiger partial charge in [0.15, 0.2) is 22.7 Å². The normalized spacial score (nSPS) is 9.79. The molecule has 0 aliphatic heterocycles. The van der Waals surface area contributed by atoms with Crippen LogP contribution in [0.4, 0.5) is 35.1 Å². The smallest absolute Gasteiger partial charge is 1.00 e. The van der Waals surface area contributed by atoms with Gasteiger partial charge in [0.05, 0.1) is 42.7 Å². The van der Waals surface area contributed by atoms with Crippen molar-refractivity contribution in [1.29, 1.82) is 0 Å². The molecular weight excluding hydrogens is 2650 g/mol. The minimum absolute atomic E-state index is 0. The van der Waals surface area contributed by atoms with E-state index in [0.29, 0.717) is 94.1 Å². The Bertz CT molecular complexity index is 7400. The van der Waals surface area contributed by atoms with E-state index in [2.05, 4.69) is 186 Å². The Morgan fingerprint density at radius 2 is 0.720 bits per heavy atom. The van der Waals surface area contributed by atoms with E-state index in [0.717, 1.165) is 85.3 Å². The molecule has 0 atom stereocenters. The van der Waals surface area contributed by atoms with Gasteiger partial charge in [-0.1, -0.05) is 224 Å². The second-order valence-electron chi connectivity index (χ2n) is 29.5. The van der Waals surface area contributed by atoms with Gasteiger partial charge in [0.25, 0.3) is 6.47 Å². The number of nitrogens with zero attached hydrogens (tertiary/aromatic N) is 1. The number of furan rings is 2. The molecule has 16 aromatic carbocycles. The van der Waals surface area contributed by atoms with Crippen LogP contribution in [0.2, 0.25) is 0 Å². The van der Waals surface area contributed by atoms with E-state index in [1.54, 1.807) is 155 Å². The van der Waals surface area contributed by atoms with Crippen LogP contribution >= 0.6 is 175 Å². The second kappa shape index (κ2) is 71.2. The molecule has 0 fully saturated rings. The summed E-state index contributed by atoms with van der Waals surface area (Å²) in [5, 5.41) is 60.1. The number of hydrogen-bond acceptors (Lipinski definition) is 16. The Morgan fingerprint density at radius 3 is 1.13 bits per heavy atom. The maximum Gasteiger partial charge on any atom is 1.00 e. The second-order valence-corrected chi connectivity index (χ2v) is 42.5. The third-order valence-corrected chi connectivity index (χ3v) is 23.6. The van der Waals surface area contributed by atoms with Gasteiger partial charge in [-0.25, -0.2) is 35.1 Å². The SMILES string of the molecule is BrB(Br)Br.Brc1ccc2oc3c(ccc4c5ccccc5oc43)c2c1.C.C.CN=P.COc1c(-c2ccccc2F)ccc(-c2cc(Br)ccc2F)c1C.COc1c(-c2ccccc2F)ccc(O[B]O)c1C.COc1c(C)cccc1-c1ccccc1F.COc1c(C)cccc1B(O)O.ClCCl.Fc1ccc(Br)cc1Br.Fc1ccccc1Br.O=CO[O-].Oc1c(-c2ccccc2F)ccc(-c2cc(Br)ccc2F)c1O.[2HH].[H-].[K+].[K+]. The predicted molar refractivity (Wildman–Crippen MR) is 621 cm³/mol. The summed E-state index contributed by atoms with van der Waals surface area (Å²) in [6.07, 6.45) is 0. The van der Waals surface area contributed by atoms with Crippen LogP contribution in [-0.4, -0.2) is 90.6 Å². The minimum Gasteiger partial charge on any atom is -1.00 e. The number of methoxy groups -OCH3 is 4. The van der Waals surface area contributed by atoms with Gasteiger partial charge in [0.2, 0.25) is 0 Å². The Hall–Kier alpha value is -7.06. The summed E-state index contributed by atoms with van der Waals surface area (Å²) in [7, 11) is 9.76. The molecule has 0 saturated heterocycles. The fourth-order valence-electron chi connectivity index (χ4n) is 14.1. The van der Waals surface area contributed by atoms with Crippen molar-refractivity contribution in [2.75, 3.05) is 40.8 Å². The number of phenols is 2. The fourth-order valence-corrected chi connectivity index (χ4v) is 16.5. The molecule has 18 aromatic rings. The predicted octanol–water partition coefficient (Wildman–Crippen LogP) is 28.8. The van der Waals surface area contributed by atoms with Crippen LogP contribution in [0.3, 0.4) is 0 Å². The average molecular weight is 2750 g/mol. The molecule has 0 spiro atoms. The third-order valence-electron chi connectivity index (χ3n) is 20.4. The first-order valence-corrected chi connectivity index (χ1v) is 51.4. The van der Waals surface area contributed by atoms with E-state index in [1.807, 2.05) is 81.4 Å². The summed E-state index contributed by atoms with van der Waals surface area (Å²) < 4.78 is 155. The van der Waals surface area contributed by atoms with Gasteiger partial charge in [-0.3, -0.25) is 9.54 Å². The molecule has 0 amide bonds. The van der Waals surface area contributed by atoms with Crippen LogP contribution in [-0.2, 0) is 9.68 Å². The topological polar surface area (TPSA) is 235 Å². The van der Waals surface area contributed by atoms with Crippen LogP contribution in [0.25, 0.3) is 111 Å². The van der Waals surface area contributed by atoms with E-state index in [-0.39, 0.29) is 193 Å². The van der Waals surface area contributed by atoms with Gasteiger partial charge in [-0.05, 0) is 249 Å². The first-order chi connectivity index (χ1) is 69.9. The number of para-hydroxylation sites is 3. The summed E-state index contributed by atoms with van der Waals surface area (Å²) in [5.74, 6) is -0.918. The number of alkyl halides is 2. The molecule has 18 rings (SSSR count). The average Bonchev–Trinajstić information content (AvgIpc) is 1.58. The van der Waals surface area contributed by atoms with E-state index in [9.17, 15) is 45.3 Å². The van der Waals surface area contributed by atoms with Crippen LogP contribution in [0.15, 0.2) is 344 Å². The first-order valence-electron chi connectivity index (χ1n) is 42.4. The van der Waals surface area contributed by atoms with Gasteiger partial charge in [-0.15, -0.1) is 70.5 Å². The number of aryl methyl sites for hydroxylation is 2. The van der Waals surface area contributed by atoms with Crippen molar-refractivity contribution in [2.24, 2.45) is 4.74 Å². The third kappa shape index (κ3) is 39.9. The Labute approximate surface area is 1040 Å². The fraction of sp³-hybridized carbons (Fsp3) is 0.110. The summed E-state index contributed by atoms with van der Waals surface area (Å²) in [4.78, 5) is 11.2. The number of carbonyl (C=O) groups excluding carboxylic acids is 1. The summed E-state index contributed by atoms with van der Waals surface area (Å²) in [6, 6.07) is 85.0. The molecule has 777 valence electrons. The number of aromatic hydroxyl groups is 2. The number of halogens is 19. The van der Waals surface area contributed by atoms with Gasteiger partial charge < -0.3 is 69.3 Å². The molecular formula is C109H97B3Br9Cl2F8K2NO15P. The largest absolute Gasteiger partial charge is 1.00 e. The van der Waals surface area contributed by atoms with Crippen molar-refractivity contribution in [3.8, 4) is 107 Å². The number of carbonyl (C=O) groups is 1. The van der Waals surface area contributed by atoms with E-state index >= 15 is 0 Å². The zero-order valence-corrected chi connectivity index (χ0v) is 103. The van der Waals surface area contributed by atoms with Gasteiger partial charge in [0, 0.05) is 120 Å². The molecule has 0 saturated carbocycles. The number of rotatable bonds is 14. The number of ether oxygens (including phenoxy) is 4. The molecule has 150 heavy (non-hydrogen) atoms. The van der Waals surface area contributed by atoms with Crippen LogP contribution < -0.4 is 137 Å². The molecule has 0 unspecified atom stereocenters. The van der Waals surface area contributed by atoms with E-state index < -0.39 is 30.3 Å². The van der Waals surface area contributed by atoms with E-state index in [4.69, 9.17) is 80.8 Å². The summed E-state index contributed by atoms with van der Waals surface area (Å²) in [6.45, 7) is 7.24. The van der Waals surface area contributed by atoms with E-state index in [1.165, 1.54) is 106 Å². The monoisotopic (exact) mass is 2730 g/mol. The van der Waals surface area contributed by atoms with Crippen LogP contribution in [0, 0.1) is 74.2 Å². The quantitative estimate of drug-likeness (QED) is 0.00784. The van der Waals surface area contributed by atoms with Gasteiger partial charge in [0.1, 0.15) is 86.5 Å². The molecule has 16 nitrogen and oxygen atoms in total. The molecule has 0 bridgehead atoms. The van der Waals surface area contributed by atoms with Crippen molar-refractivity contribution in [1.82, 2.24) is 0 Å². The molecule has 0 aliphatic carbocycles. The first kappa shape index (κ1) is 137. The maximum absolute atomic E-state index is 14.2. The minimum atomic E-state index is -1.47. The molecule has 2 aromatic heterocycles. The van der Waals surface area contributed by atoms with Crippen molar-refractivity contribution in [2.45, 2.75) is 42.5 Å². The molecule has 5 N–H and O–H groups in total. The number of benzene rings is 16. The van der Waals surface area contributed by atoms with Gasteiger partial charge in [-0.2, -0.15) is 0 Å². The van der Waals surface area contributed by atoms with Crippen molar-refractivity contribution < 1.29 is 213 Å². The molecule has 0 aliphatic rings. The zero-order chi connectivity index (χ0) is 108. The Morgan fingerprint density at radius 1 is 0.400 bits per heavy atom. The van der Waals surface area contributed by atoms with Crippen molar-refractivity contribution in [3.63, 3.8) is 0 Å². The van der Waals surface area contributed by atoms with Crippen LogP contribution in [0.5, 0.6) is 40.2 Å². The summed E-state index contributed by atoms with van der Waals surface area (Å²) in [5.41, 5.74) is 12.5. The van der Waals surface area contributed by atoms with Crippen molar-refractivity contribution in [3.05, 3.63) is 399 Å². The van der Waals surface area contributed by atoms with Crippen LogP contribution in [0.1, 0.15) is 40.0 Å². The molecule has 1 radical (unpaired) electrons. The Kier molecular flexibility index (Phi) is 65.1. The number of fused-ring (bicyclic) bond motifs is 7. The van der Waals surface area contributed by atoms with Crippen molar-refractivity contribution >= 4 is 249 Å². The molecule has 2 heterocycles. The Balaban J connectivity index is 0.000000862.